The van der Waals surface area contributed by atoms with Gasteiger partial charge in [0.25, 0.3) is 0 Å². The summed E-state index contributed by atoms with van der Waals surface area (Å²) in [7, 11) is 1.69. The molecule has 0 aromatic heterocycles. The molecular formula is C25H32ClNO3. The van der Waals surface area contributed by atoms with E-state index in [-0.39, 0.29) is 17.9 Å². The number of hydrogen-bond acceptors (Lipinski definition) is 4. The molecule has 30 heavy (non-hydrogen) atoms. The zero-order valence-electron chi connectivity index (χ0n) is 17.6. The van der Waals surface area contributed by atoms with Crippen LogP contribution in [0.3, 0.4) is 0 Å². The Hall–Kier alpha value is -1.75. The maximum Gasteiger partial charge on any atom is 0.166 e. The standard InChI is InChI=1S/C25H31NO3.ClH/c1-28-22-9-5-8-21(23(22)29-16-18-6-3-2-4-7-18)15-26-24-11-19-10-20(12-24)14-25(27,13-19)17-24;/h2-9,19-20,26-27H,10-17H2,1H3;1H. The summed E-state index contributed by atoms with van der Waals surface area (Å²) in [5.41, 5.74) is 1.88. The first-order valence-electron chi connectivity index (χ1n) is 10.9. The number of aliphatic hydroxyl groups is 1. The number of para-hydroxylation sites is 1. The minimum absolute atomic E-state index is 0. The zero-order valence-corrected chi connectivity index (χ0v) is 18.4. The van der Waals surface area contributed by atoms with Crippen molar-refractivity contribution in [2.45, 2.75) is 62.8 Å². The van der Waals surface area contributed by atoms with Gasteiger partial charge in [-0.25, -0.2) is 0 Å². The highest BCUT2D eigenvalue weighted by Gasteiger charge is 2.56. The van der Waals surface area contributed by atoms with E-state index in [0.717, 1.165) is 48.4 Å². The molecule has 0 heterocycles. The summed E-state index contributed by atoms with van der Waals surface area (Å²) >= 11 is 0. The van der Waals surface area contributed by atoms with Crippen molar-refractivity contribution < 1.29 is 14.6 Å². The summed E-state index contributed by atoms with van der Waals surface area (Å²) in [6.45, 7) is 1.25. The number of ether oxygens (including phenoxy) is 2. The lowest BCUT2D eigenvalue weighted by Gasteiger charge is -2.60. The van der Waals surface area contributed by atoms with E-state index in [1.165, 1.54) is 19.3 Å². The van der Waals surface area contributed by atoms with Gasteiger partial charge in [-0.05, 0) is 62.0 Å². The maximum absolute atomic E-state index is 11.0. The van der Waals surface area contributed by atoms with Crippen molar-refractivity contribution in [3.8, 4) is 11.5 Å². The molecule has 4 aliphatic carbocycles. The molecule has 0 aliphatic heterocycles. The molecule has 0 radical (unpaired) electrons. The Morgan fingerprint density at radius 1 is 1.00 bits per heavy atom. The second-order valence-electron chi connectivity index (χ2n) is 9.54. The van der Waals surface area contributed by atoms with Crippen molar-refractivity contribution in [2.24, 2.45) is 11.8 Å². The van der Waals surface area contributed by atoms with Gasteiger partial charge in [0, 0.05) is 17.6 Å². The average molecular weight is 430 g/mol. The predicted molar refractivity (Wildman–Crippen MR) is 120 cm³/mol. The van der Waals surface area contributed by atoms with Gasteiger partial charge in [0.2, 0.25) is 0 Å². The van der Waals surface area contributed by atoms with Gasteiger partial charge in [-0.2, -0.15) is 0 Å². The number of nitrogens with one attached hydrogen (secondary N) is 1. The summed E-state index contributed by atoms with van der Waals surface area (Å²) in [5, 5.41) is 14.9. The first-order chi connectivity index (χ1) is 14.1. The molecule has 4 fully saturated rings. The molecule has 4 saturated carbocycles. The maximum atomic E-state index is 11.0. The second-order valence-corrected chi connectivity index (χ2v) is 9.54. The van der Waals surface area contributed by atoms with Crippen molar-refractivity contribution in [3.63, 3.8) is 0 Å². The van der Waals surface area contributed by atoms with Crippen LogP contribution >= 0.6 is 12.4 Å². The van der Waals surface area contributed by atoms with Crippen LogP contribution in [0.5, 0.6) is 11.5 Å². The van der Waals surface area contributed by atoms with Crippen LogP contribution in [0, 0.1) is 11.8 Å². The molecule has 4 aliphatic rings. The van der Waals surface area contributed by atoms with Crippen LogP contribution in [-0.4, -0.2) is 23.4 Å². The molecule has 4 nitrogen and oxygen atoms in total. The Bertz CT molecular complexity index is 858. The lowest BCUT2D eigenvalue weighted by molar-refractivity contribution is -0.142. The Morgan fingerprint density at radius 2 is 1.73 bits per heavy atom. The van der Waals surface area contributed by atoms with Gasteiger partial charge in [0.05, 0.1) is 12.7 Å². The van der Waals surface area contributed by atoms with Crippen LogP contribution in [0.25, 0.3) is 0 Å². The number of hydrogen-bond donors (Lipinski definition) is 2. The molecule has 4 bridgehead atoms. The van der Waals surface area contributed by atoms with Crippen molar-refractivity contribution in [1.29, 1.82) is 0 Å². The summed E-state index contributed by atoms with van der Waals surface area (Å²) in [5.74, 6) is 2.93. The lowest BCUT2D eigenvalue weighted by atomic mass is 9.51. The Labute approximate surface area is 185 Å². The van der Waals surface area contributed by atoms with Crippen LogP contribution in [0.4, 0.5) is 0 Å². The molecule has 0 saturated heterocycles. The van der Waals surface area contributed by atoms with E-state index < -0.39 is 5.60 Å². The van der Waals surface area contributed by atoms with E-state index in [1.54, 1.807) is 7.11 Å². The Balaban J connectivity index is 0.00000218. The van der Waals surface area contributed by atoms with Crippen molar-refractivity contribution in [2.75, 3.05) is 7.11 Å². The number of halogens is 1. The van der Waals surface area contributed by atoms with Crippen molar-refractivity contribution >= 4 is 12.4 Å². The van der Waals surface area contributed by atoms with E-state index in [0.29, 0.717) is 18.4 Å². The van der Waals surface area contributed by atoms with Crippen molar-refractivity contribution in [3.05, 3.63) is 59.7 Å². The second kappa shape index (κ2) is 8.41. The zero-order chi connectivity index (χ0) is 19.9. The molecule has 162 valence electrons. The molecule has 5 heteroatoms. The van der Waals surface area contributed by atoms with E-state index in [1.807, 2.05) is 30.3 Å². The van der Waals surface area contributed by atoms with E-state index in [2.05, 4.69) is 23.5 Å². The Morgan fingerprint density at radius 3 is 2.40 bits per heavy atom. The SMILES string of the molecule is COc1cccc(CNC23CC4CC(CC(O)(C4)C2)C3)c1OCc1ccccc1.Cl. The average Bonchev–Trinajstić information content (AvgIpc) is 2.70. The fraction of sp³-hybridized carbons (Fsp3) is 0.520. The van der Waals surface area contributed by atoms with Crippen LogP contribution in [0.1, 0.15) is 49.7 Å². The Kier molecular flexibility index (Phi) is 6.02. The summed E-state index contributed by atoms with van der Waals surface area (Å²) < 4.78 is 11.8. The molecule has 2 aromatic rings. The smallest absolute Gasteiger partial charge is 0.166 e. The third-order valence-electron chi connectivity index (χ3n) is 7.19. The van der Waals surface area contributed by atoms with Gasteiger partial charge in [-0.3, -0.25) is 0 Å². The number of methoxy groups -OCH3 is 1. The molecule has 2 atom stereocenters. The third kappa shape index (κ3) is 4.18. The highest BCUT2D eigenvalue weighted by atomic mass is 35.5. The van der Waals surface area contributed by atoms with E-state index in [9.17, 15) is 5.11 Å². The van der Waals surface area contributed by atoms with Gasteiger partial charge >= 0.3 is 0 Å². The number of benzene rings is 2. The fourth-order valence-corrected chi connectivity index (χ4v) is 6.46. The van der Waals surface area contributed by atoms with Gasteiger partial charge < -0.3 is 19.9 Å². The van der Waals surface area contributed by atoms with Gasteiger partial charge in [0.1, 0.15) is 6.61 Å². The molecule has 0 amide bonds. The quantitative estimate of drug-likeness (QED) is 0.659. The lowest BCUT2D eigenvalue weighted by Crippen LogP contribution is -2.64. The summed E-state index contributed by atoms with van der Waals surface area (Å²) in [4.78, 5) is 0. The largest absolute Gasteiger partial charge is 0.493 e. The first-order valence-corrected chi connectivity index (χ1v) is 10.9. The van der Waals surface area contributed by atoms with Crippen LogP contribution in [0.2, 0.25) is 0 Å². The van der Waals surface area contributed by atoms with Gasteiger partial charge in [0.15, 0.2) is 11.5 Å². The normalized spacial score (nSPS) is 31.3. The molecule has 6 rings (SSSR count). The minimum atomic E-state index is -0.446. The molecule has 2 unspecified atom stereocenters. The first kappa shape index (κ1) is 21.5. The van der Waals surface area contributed by atoms with Crippen molar-refractivity contribution in [1.82, 2.24) is 5.32 Å². The molecule has 2 aromatic carbocycles. The third-order valence-corrected chi connectivity index (χ3v) is 7.19. The topological polar surface area (TPSA) is 50.7 Å². The van der Waals surface area contributed by atoms with Crippen LogP contribution in [0.15, 0.2) is 48.5 Å². The fourth-order valence-electron chi connectivity index (χ4n) is 6.46. The molecule has 2 N–H and O–H groups in total. The monoisotopic (exact) mass is 429 g/mol. The predicted octanol–water partition coefficient (Wildman–Crippen LogP) is 4.87. The van der Waals surface area contributed by atoms with E-state index >= 15 is 0 Å². The minimum Gasteiger partial charge on any atom is -0.493 e. The number of rotatable bonds is 7. The highest BCUT2D eigenvalue weighted by Crippen LogP contribution is 2.57. The summed E-state index contributed by atoms with van der Waals surface area (Å²) in [6, 6.07) is 16.3. The van der Waals surface area contributed by atoms with E-state index in [4.69, 9.17) is 9.47 Å². The highest BCUT2D eigenvalue weighted by molar-refractivity contribution is 5.85. The van der Waals surface area contributed by atoms with Crippen LogP contribution < -0.4 is 14.8 Å². The van der Waals surface area contributed by atoms with Gasteiger partial charge in [-0.1, -0.05) is 42.5 Å². The molecular weight excluding hydrogens is 398 g/mol. The van der Waals surface area contributed by atoms with Crippen LogP contribution in [-0.2, 0) is 13.2 Å². The molecule has 0 spiro atoms. The summed E-state index contributed by atoms with van der Waals surface area (Å²) in [6.07, 6.45) is 6.56. The van der Waals surface area contributed by atoms with Gasteiger partial charge in [-0.15, -0.1) is 12.4 Å².